The van der Waals surface area contributed by atoms with Gasteiger partial charge in [0.05, 0.1) is 6.04 Å². The molecule has 0 saturated carbocycles. The zero-order chi connectivity index (χ0) is 17.6. The lowest BCUT2D eigenvalue weighted by Crippen LogP contribution is -2.44. The average Bonchev–Trinajstić information content (AvgIpc) is 3.31. The number of hydrogen-bond acceptors (Lipinski definition) is 3. The molecule has 2 aliphatic heterocycles. The Morgan fingerprint density at radius 1 is 1.36 bits per heavy atom. The molecule has 0 N–H and O–H groups in total. The Balaban J connectivity index is 1.62. The molecule has 2 aromatic rings. The van der Waals surface area contributed by atoms with Crippen LogP contribution in [0.15, 0.2) is 47.5 Å². The molecule has 1 atom stereocenters. The molecule has 4 rings (SSSR count). The molecular formula is C18H19BFN3OS. The van der Waals surface area contributed by atoms with Crippen molar-refractivity contribution in [2.45, 2.75) is 18.9 Å². The van der Waals surface area contributed by atoms with Gasteiger partial charge < -0.3 is 14.2 Å². The van der Waals surface area contributed by atoms with E-state index < -0.39 is 7.26 Å². The molecule has 0 aliphatic carbocycles. The molecule has 2 aromatic heterocycles. The normalized spacial score (nSPS) is 18.2. The maximum Gasteiger partial charge on any atom is 0.592 e. The number of rotatable bonds is 4. The van der Waals surface area contributed by atoms with Crippen LogP contribution < -0.4 is 0 Å². The van der Waals surface area contributed by atoms with Gasteiger partial charge in [-0.3, -0.25) is 9.11 Å². The topological polar surface area (TPSA) is 28.5 Å². The van der Waals surface area contributed by atoms with E-state index in [1.54, 1.807) is 39.6 Å². The zero-order valence-corrected chi connectivity index (χ0v) is 15.0. The van der Waals surface area contributed by atoms with Gasteiger partial charge in [0.25, 0.3) is 0 Å². The van der Waals surface area contributed by atoms with Crippen LogP contribution in [0.1, 0.15) is 28.7 Å². The number of hydrogen-bond donors (Lipinski definition) is 0. The van der Waals surface area contributed by atoms with E-state index >= 15 is 4.32 Å². The SMILES string of the molecule is CN(C)C(=O)CCc1ccc2n1B(F)N1C(=C2)C=CC1c1cccs1. The average molecular weight is 355 g/mol. The van der Waals surface area contributed by atoms with Crippen LogP contribution in [0.3, 0.4) is 0 Å². The minimum atomic E-state index is -1.27. The minimum absolute atomic E-state index is 0.0531. The van der Waals surface area contributed by atoms with Gasteiger partial charge in [-0.1, -0.05) is 12.1 Å². The molecule has 128 valence electrons. The highest BCUT2D eigenvalue weighted by Gasteiger charge is 2.41. The van der Waals surface area contributed by atoms with E-state index in [1.807, 2.05) is 47.9 Å². The predicted molar refractivity (Wildman–Crippen MR) is 99.7 cm³/mol. The van der Waals surface area contributed by atoms with Crippen molar-refractivity contribution in [1.29, 1.82) is 0 Å². The third kappa shape index (κ3) is 2.72. The van der Waals surface area contributed by atoms with Gasteiger partial charge in [-0.2, -0.15) is 0 Å². The summed E-state index contributed by atoms with van der Waals surface area (Å²) < 4.78 is 17.2. The fraction of sp³-hybridized carbons (Fsp3) is 0.278. The molecular weight excluding hydrogens is 336 g/mol. The maximum absolute atomic E-state index is 15.5. The van der Waals surface area contributed by atoms with E-state index in [1.165, 1.54) is 0 Å². The number of aryl methyl sites for hydroxylation is 1. The van der Waals surface area contributed by atoms with Crippen molar-refractivity contribution >= 4 is 30.6 Å². The second kappa shape index (κ2) is 6.22. The summed E-state index contributed by atoms with van der Waals surface area (Å²) in [4.78, 5) is 16.4. The van der Waals surface area contributed by atoms with Crippen LogP contribution in [0.25, 0.3) is 6.08 Å². The summed E-state index contributed by atoms with van der Waals surface area (Å²) in [5.41, 5.74) is 2.60. The second-order valence-corrected chi connectivity index (χ2v) is 7.49. The van der Waals surface area contributed by atoms with E-state index in [4.69, 9.17) is 0 Å². The Bertz CT molecular complexity index is 856. The summed E-state index contributed by atoms with van der Waals surface area (Å²) in [5.74, 6) is 0.0531. The van der Waals surface area contributed by atoms with Crippen molar-refractivity contribution in [2.24, 2.45) is 0 Å². The van der Waals surface area contributed by atoms with Crippen LogP contribution in [0.4, 0.5) is 4.32 Å². The van der Waals surface area contributed by atoms with Crippen molar-refractivity contribution in [3.63, 3.8) is 0 Å². The highest BCUT2D eigenvalue weighted by Crippen LogP contribution is 2.40. The Hall–Kier alpha value is -2.28. The van der Waals surface area contributed by atoms with E-state index in [0.717, 1.165) is 22.0 Å². The Kier molecular flexibility index (Phi) is 4.03. The third-order valence-corrected chi connectivity index (χ3v) is 5.69. The highest BCUT2D eigenvalue weighted by molar-refractivity contribution is 7.10. The first-order valence-electron chi connectivity index (χ1n) is 8.32. The van der Waals surface area contributed by atoms with Gasteiger partial charge in [-0.05, 0) is 42.2 Å². The first kappa shape index (κ1) is 16.2. The van der Waals surface area contributed by atoms with Crippen molar-refractivity contribution in [3.8, 4) is 0 Å². The van der Waals surface area contributed by atoms with E-state index in [2.05, 4.69) is 0 Å². The van der Waals surface area contributed by atoms with E-state index in [-0.39, 0.29) is 11.9 Å². The maximum atomic E-state index is 15.5. The predicted octanol–water partition coefficient (Wildman–Crippen LogP) is 3.34. The van der Waals surface area contributed by atoms with E-state index in [9.17, 15) is 4.79 Å². The number of carbonyl (C=O) groups is 1. The molecule has 0 spiro atoms. The lowest BCUT2D eigenvalue weighted by atomic mass is 9.93. The number of nitrogens with zero attached hydrogens (tertiary/aromatic N) is 3. The Morgan fingerprint density at radius 2 is 2.20 bits per heavy atom. The number of thiophene rings is 1. The van der Waals surface area contributed by atoms with Crippen molar-refractivity contribution in [2.75, 3.05) is 14.1 Å². The molecule has 1 amide bonds. The Morgan fingerprint density at radius 3 is 2.92 bits per heavy atom. The number of fused-ring (bicyclic) bond motifs is 2. The molecule has 1 unspecified atom stereocenters. The molecule has 4 heterocycles. The summed E-state index contributed by atoms with van der Waals surface area (Å²) in [6, 6.07) is 7.81. The second-order valence-electron chi connectivity index (χ2n) is 6.51. The quantitative estimate of drug-likeness (QED) is 0.787. The monoisotopic (exact) mass is 355 g/mol. The van der Waals surface area contributed by atoms with Crippen LogP contribution in [0.5, 0.6) is 0 Å². The van der Waals surface area contributed by atoms with Crippen molar-refractivity contribution in [1.82, 2.24) is 14.2 Å². The summed E-state index contributed by atoms with van der Waals surface area (Å²) in [5, 5.41) is 2.02. The molecule has 2 aliphatic rings. The zero-order valence-electron chi connectivity index (χ0n) is 14.2. The minimum Gasteiger partial charge on any atom is -0.355 e. The number of allylic oxidation sites excluding steroid dienone is 1. The van der Waals surface area contributed by atoms with Gasteiger partial charge >= 0.3 is 7.26 Å². The number of carbonyl (C=O) groups excluding carboxylic acids is 1. The molecule has 25 heavy (non-hydrogen) atoms. The summed E-state index contributed by atoms with van der Waals surface area (Å²) in [6.45, 7) is 0. The van der Waals surface area contributed by atoms with Crippen LogP contribution >= 0.6 is 11.3 Å². The number of halogens is 1. The standard InChI is InChI=1S/C18H19BFN3OS/c1-21(2)18(24)10-8-13-5-6-14-12-15-7-9-16(17-4-3-11-25-17)23(15)19(20)22(13)14/h3-7,9,11-12,16H,8,10H2,1-2H3. The lowest BCUT2D eigenvalue weighted by Gasteiger charge is -2.33. The first-order chi connectivity index (χ1) is 12.1. The fourth-order valence-electron chi connectivity index (χ4n) is 3.42. The van der Waals surface area contributed by atoms with Gasteiger partial charge in [0.2, 0.25) is 5.91 Å². The molecule has 0 radical (unpaired) electrons. The van der Waals surface area contributed by atoms with Gasteiger partial charge in [0, 0.05) is 42.5 Å². The lowest BCUT2D eigenvalue weighted by molar-refractivity contribution is -0.128. The highest BCUT2D eigenvalue weighted by atomic mass is 32.1. The van der Waals surface area contributed by atoms with Gasteiger partial charge in [0.1, 0.15) is 0 Å². The van der Waals surface area contributed by atoms with Gasteiger partial charge in [-0.25, -0.2) is 0 Å². The molecule has 0 fully saturated rings. The smallest absolute Gasteiger partial charge is 0.355 e. The van der Waals surface area contributed by atoms with Crippen LogP contribution in [0, 0.1) is 0 Å². The first-order valence-corrected chi connectivity index (χ1v) is 9.20. The largest absolute Gasteiger partial charge is 0.592 e. The number of amides is 1. The summed E-state index contributed by atoms with van der Waals surface area (Å²) >= 11 is 1.64. The third-order valence-electron chi connectivity index (χ3n) is 4.75. The van der Waals surface area contributed by atoms with Crippen molar-refractivity contribution < 1.29 is 9.11 Å². The summed E-state index contributed by atoms with van der Waals surface area (Å²) in [7, 11) is 2.21. The van der Waals surface area contributed by atoms with Gasteiger partial charge in [0.15, 0.2) is 0 Å². The van der Waals surface area contributed by atoms with Crippen LogP contribution in [-0.4, -0.2) is 41.5 Å². The van der Waals surface area contributed by atoms with Gasteiger partial charge in [-0.15, -0.1) is 11.3 Å². The van der Waals surface area contributed by atoms with E-state index in [0.29, 0.717) is 12.8 Å². The van der Waals surface area contributed by atoms with Crippen LogP contribution in [-0.2, 0) is 11.2 Å². The molecule has 0 bridgehead atoms. The number of aromatic nitrogens is 1. The molecule has 0 saturated heterocycles. The molecule has 7 heteroatoms. The fourth-order valence-corrected chi connectivity index (χ4v) is 4.23. The Labute approximate surface area is 151 Å². The molecule has 4 nitrogen and oxygen atoms in total. The molecule has 0 aromatic carbocycles. The van der Waals surface area contributed by atoms with Crippen LogP contribution in [0.2, 0.25) is 0 Å². The van der Waals surface area contributed by atoms with Crippen molar-refractivity contribution in [3.05, 3.63) is 63.8 Å². The summed E-state index contributed by atoms with van der Waals surface area (Å²) in [6.07, 6.45) is 6.96.